The Labute approximate surface area is 157 Å². The molecular weight excluding hydrogens is 506 g/mol. The van der Waals surface area contributed by atoms with Crippen molar-refractivity contribution in [2.45, 2.75) is 38.9 Å². The van der Waals surface area contributed by atoms with Crippen LogP contribution in [0.2, 0.25) is 18.1 Å². The lowest BCUT2D eigenvalue weighted by molar-refractivity contribution is 0.181. The van der Waals surface area contributed by atoms with E-state index in [1.165, 1.54) is 3.57 Å². The fourth-order valence-corrected chi connectivity index (χ4v) is 3.38. The van der Waals surface area contributed by atoms with E-state index in [1.54, 1.807) is 0 Å². The smallest absolute Gasteiger partial charge is 0.191 e. The van der Waals surface area contributed by atoms with Crippen molar-refractivity contribution in [3.05, 3.63) is 27.8 Å². The number of benzene rings is 1. The lowest BCUT2D eigenvalue weighted by atomic mass is 10.2. The van der Waals surface area contributed by atoms with E-state index in [1.807, 2.05) is 12.1 Å². The number of hydrogen-bond acceptors (Lipinski definition) is 2. The summed E-state index contributed by atoms with van der Waals surface area (Å²) in [5.74, 6) is 1.39. The molecule has 0 aliphatic heterocycles. The lowest BCUT2D eigenvalue weighted by Gasteiger charge is -2.37. The summed E-state index contributed by atoms with van der Waals surface area (Å²) in [5.41, 5.74) is 0. The minimum absolute atomic E-state index is 0.264. The maximum Gasteiger partial charge on any atom is 0.191 e. The second kappa shape index (κ2) is 8.49. The Morgan fingerprint density at radius 3 is 2.14 bits per heavy atom. The fourth-order valence-electron chi connectivity index (χ4n) is 1.42. The first-order valence-electron chi connectivity index (χ1n) is 7.24. The van der Waals surface area contributed by atoms with Crippen LogP contribution >= 0.6 is 45.2 Å². The van der Waals surface area contributed by atoms with Gasteiger partial charge in [0.15, 0.2) is 8.32 Å². The fraction of sp³-hybridized carbons (Fsp3) is 0.625. The zero-order valence-corrected chi connectivity index (χ0v) is 18.9. The van der Waals surface area contributed by atoms with Gasteiger partial charge in [0.2, 0.25) is 0 Å². The summed E-state index contributed by atoms with van der Waals surface area (Å²) in [5, 5.41) is 0.264. The van der Waals surface area contributed by atoms with Crippen molar-refractivity contribution in [2.24, 2.45) is 5.92 Å². The van der Waals surface area contributed by atoms with Crippen LogP contribution in [0.1, 0.15) is 20.8 Å². The van der Waals surface area contributed by atoms with E-state index in [4.69, 9.17) is 9.16 Å². The monoisotopic (exact) mass is 532 g/mol. The van der Waals surface area contributed by atoms with Crippen LogP contribution in [0.25, 0.3) is 0 Å². The molecule has 0 heterocycles. The molecule has 0 saturated carbocycles. The third-order valence-corrected chi connectivity index (χ3v) is 10.5. The van der Waals surface area contributed by atoms with E-state index in [2.05, 4.69) is 91.2 Å². The predicted molar refractivity (Wildman–Crippen MR) is 110 cm³/mol. The van der Waals surface area contributed by atoms with Crippen molar-refractivity contribution in [3.8, 4) is 5.75 Å². The Morgan fingerprint density at radius 1 is 1.10 bits per heavy atom. The summed E-state index contributed by atoms with van der Waals surface area (Å²) in [7, 11) is -1.66. The number of halogens is 2. The van der Waals surface area contributed by atoms with E-state index in [9.17, 15) is 0 Å². The molecule has 120 valence electrons. The molecule has 0 saturated heterocycles. The minimum atomic E-state index is -1.66. The molecule has 0 aliphatic rings. The van der Waals surface area contributed by atoms with E-state index in [0.717, 1.165) is 23.4 Å². The SMILES string of the molecule is CC(C)(C)[Si](C)(C)OC[C@@H](CI)COc1ccc(I)cc1. The average molecular weight is 532 g/mol. The third kappa shape index (κ3) is 6.74. The Bertz CT molecular complexity index is 427. The van der Waals surface area contributed by atoms with Gasteiger partial charge >= 0.3 is 0 Å². The highest BCUT2D eigenvalue weighted by molar-refractivity contribution is 14.1. The molecule has 0 spiro atoms. The Hall–Kier alpha value is 0.657. The third-order valence-electron chi connectivity index (χ3n) is 4.00. The van der Waals surface area contributed by atoms with Crippen LogP contribution in [-0.4, -0.2) is 26.0 Å². The topological polar surface area (TPSA) is 18.5 Å². The molecule has 0 aromatic heterocycles. The van der Waals surface area contributed by atoms with Gasteiger partial charge < -0.3 is 9.16 Å². The minimum Gasteiger partial charge on any atom is -0.493 e. The number of hydrogen-bond donors (Lipinski definition) is 0. The van der Waals surface area contributed by atoms with E-state index >= 15 is 0 Å². The van der Waals surface area contributed by atoms with Crippen LogP contribution in [0.5, 0.6) is 5.75 Å². The van der Waals surface area contributed by atoms with Gasteiger partial charge in [0, 0.05) is 20.5 Å². The zero-order chi connectivity index (χ0) is 16.1. The molecule has 2 nitrogen and oxygen atoms in total. The molecule has 0 fully saturated rings. The van der Waals surface area contributed by atoms with Crippen LogP contribution in [0.4, 0.5) is 0 Å². The quantitative estimate of drug-likeness (QED) is 0.253. The Kier molecular flexibility index (Phi) is 7.97. The van der Waals surface area contributed by atoms with E-state index < -0.39 is 8.32 Å². The summed E-state index contributed by atoms with van der Waals surface area (Å²) in [4.78, 5) is 0. The molecule has 0 aliphatic carbocycles. The Balaban J connectivity index is 2.47. The van der Waals surface area contributed by atoms with Crippen LogP contribution < -0.4 is 4.74 Å². The van der Waals surface area contributed by atoms with Gasteiger partial charge in [-0.2, -0.15) is 0 Å². The summed E-state index contributed by atoms with van der Waals surface area (Å²) in [6.45, 7) is 13.0. The molecule has 1 aromatic rings. The van der Waals surface area contributed by atoms with Gasteiger partial charge in [0.05, 0.1) is 6.61 Å². The van der Waals surface area contributed by atoms with Crippen LogP contribution in [0.3, 0.4) is 0 Å². The highest BCUT2D eigenvalue weighted by Gasteiger charge is 2.37. The summed E-state index contributed by atoms with van der Waals surface area (Å²) >= 11 is 4.73. The highest BCUT2D eigenvalue weighted by atomic mass is 127. The van der Waals surface area contributed by atoms with Crippen molar-refractivity contribution in [1.82, 2.24) is 0 Å². The summed E-state index contributed by atoms with van der Waals surface area (Å²) in [6, 6.07) is 8.20. The van der Waals surface area contributed by atoms with Crippen LogP contribution in [0, 0.1) is 9.49 Å². The first kappa shape index (κ1) is 19.7. The van der Waals surface area contributed by atoms with Gasteiger partial charge in [-0.1, -0.05) is 43.4 Å². The molecule has 21 heavy (non-hydrogen) atoms. The number of ether oxygens (including phenoxy) is 1. The van der Waals surface area contributed by atoms with E-state index in [-0.39, 0.29) is 5.04 Å². The summed E-state index contributed by atoms with van der Waals surface area (Å²) < 4.78 is 14.5. The standard InChI is InChI=1S/C16H26I2O2Si/c1-16(2,3)21(4,5)20-12-13(10-17)11-19-15-8-6-14(18)7-9-15/h6-9,13H,10-12H2,1-5H3/t13-/m0/s1. The molecule has 0 amide bonds. The first-order valence-corrected chi connectivity index (χ1v) is 12.8. The lowest BCUT2D eigenvalue weighted by Crippen LogP contribution is -2.42. The average Bonchev–Trinajstić information content (AvgIpc) is 2.39. The van der Waals surface area contributed by atoms with Crippen LogP contribution in [-0.2, 0) is 4.43 Å². The van der Waals surface area contributed by atoms with Crippen molar-refractivity contribution in [2.75, 3.05) is 17.6 Å². The van der Waals surface area contributed by atoms with Crippen molar-refractivity contribution < 1.29 is 9.16 Å². The van der Waals surface area contributed by atoms with Gasteiger partial charge in [0.25, 0.3) is 0 Å². The maximum atomic E-state index is 6.31. The van der Waals surface area contributed by atoms with Gasteiger partial charge in [-0.15, -0.1) is 0 Å². The van der Waals surface area contributed by atoms with Gasteiger partial charge in [-0.25, -0.2) is 0 Å². The maximum absolute atomic E-state index is 6.31. The second-order valence-corrected chi connectivity index (χ2v) is 13.8. The highest BCUT2D eigenvalue weighted by Crippen LogP contribution is 2.36. The van der Waals surface area contributed by atoms with E-state index in [0.29, 0.717) is 5.92 Å². The zero-order valence-electron chi connectivity index (χ0n) is 13.6. The number of rotatable bonds is 7. The van der Waals surface area contributed by atoms with Crippen LogP contribution in [0.15, 0.2) is 24.3 Å². The molecule has 5 heteroatoms. The Morgan fingerprint density at radius 2 is 1.67 bits per heavy atom. The molecular formula is C16H26I2O2Si. The molecule has 0 bridgehead atoms. The normalized spacial score (nSPS) is 14.0. The van der Waals surface area contributed by atoms with Gasteiger partial charge in [-0.05, 0) is 65.0 Å². The molecule has 0 radical (unpaired) electrons. The van der Waals surface area contributed by atoms with Crippen molar-refractivity contribution >= 4 is 53.5 Å². The van der Waals surface area contributed by atoms with Crippen molar-refractivity contribution in [3.63, 3.8) is 0 Å². The molecule has 1 rings (SSSR count). The summed E-state index contributed by atoms with van der Waals surface area (Å²) in [6.07, 6.45) is 0. The van der Waals surface area contributed by atoms with Crippen molar-refractivity contribution in [1.29, 1.82) is 0 Å². The molecule has 1 aromatic carbocycles. The largest absolute Gasteiger partial charge is 0.493 e. The second-order valence-electron chi connectivity index (χ2n) is 6.86. The number of alkyl halides is 1. The molecule has 0 unspecified atom stereocenters. The predicted octanol–water partition coefficient (Wildman–Crippen LogP) is 5.74. The van der Waals surface area contributed by atoms with Gasteiger partial charge in [0.1, 0.15) is 5.75 Å². The first-order chi connectivity index (χ1) is 9.65. The molecule has 0 N–H and O–H groups in total. The van der Waals surface area contributed by atoms with Gasteiger partial charge in [-0.3, -0.25) is 0 Å². The molecule has 1 atom stereocenters.